The quantitative estimate of drug-likeness (QED) is 0.770. The number of rotatable bonds is 3. The van der Waals surface area contributed by atoms with Gasteiger partial charge in [0, 0.05) is 13.2 Å². The van der Waals surface area contributed by atoms with Gasteiger partial charge in [-0.3, -0.25) is 4.79 Å². The Morgan fingerprint density at radius 2 is 2.06 bits per heavy atom. The summed E-state index contributed by atoms with van der Waals surface area (Å²) in [6.45, 7) is 0. The predicted molar refractivity (Wildman–Crippen MR) is 68.8 cm³/mol. The second kappa shape index (κ2) is 5.11. The van der Waals surface area contributed by atoms with Crippen molar-refractivity contribution in [1.29, 1.82) is 5.26 Å². The van der Waals surface area contributed by atoms with Crippen LogP contribution in [0.15, 0.2) is 42.6 Å². The number of benzene rings is 1. The second-order valence-electron chi connectivity index (χ2n) is 3.72. The maximum atomic E-state index is 11.0. The molecule has 0 N–H and O–H groups in total. The van der Waals surface area contributed by atoms with Crippen LogP contribution >= 0.6 is 0 Å². The highest BCUT2D eigenvalue weighted by Gasteiger charge is 2.12. The molecule has 4 heteroatoms. The Bertz CT molecular complexity index is 616. The lowest BCUT2D eigenvalue weighted by Gasteiger charge is -2.20. The second-order valence-corrected chi connectivity index (χ2v) is 3.72. The maximum Gasteiger partial charge on any atom is 0.153 e. The number of aromatic nitrogens is 1. The Labute approximate surface area is 105 Å². The van der Waals surface area contributed by atoms with E-state index >= 15 is 0 Å². The van der Waals surface area contributed by atoms with E-state index < -0.39 is 0 Å². The van der Waals surface area contributed by atoms with Crippen LogP contribution in [0.4, 0.5) is 11.5 Å². The highest BCUT2D eigenvalue weighted by atomic mass is 16.1. The Hall–Kier alpha value is -2.67. The standard InChI is InChI=1S/C14H11N3O/c1-17(13-7-3-2-5-11(13)9-15)14-12(10-18)6-4-8-16-14/h2-8,10H,1H3. The number of carbonyl (C=O) groups is 1. The van der Waals surface area contributed by atoms with Crippen LogP contribution in [0.1, 0.15) is 15.9 Å². The molecule has 0 radical (unpaired) electrons. The molecule has 0 unspecified atom stereocenters. The van der Waals surface area contributed by atoms with Crippen LogP contribution in [0.5, 0.6) is 0 Å². The highest BCUT2D eigenvalue weighted by molar-refractivity contribution is 5.85. The lowest BCUT2D eigenvalue weighted by molar-refractivity contribution is 0.112. The molecule has 1 aromatic heterocycles. The van der Waals surface area contributed by atoms with Crippen molar-refractivity contribution in [1.82, 2.24) is 4.98 Å². The molecule has 0 aliphatic rings. The number of para-hydroxylation sites is 1. The summed E-state index contributed by atoms with van der Waals surface area (Å²) in [5.74, 6) is 0.537. The van der Waals surface area contributed by atoms with E-state index in [1.807, 2.05) is 12.1 Å². The Morgan fingerprint density at radius 1 is 1.28 bits per heavy atom. The molecule has 0 spiro atoms. The number of carbonyl (C=O) groups excluding carboxylic acids is 1. The van der Waals surface area contributed by atoms with E-state index in [-0.39, 0.29) is 0 Å². The number of nitriles is 1. The molecule has 1 heterocycles. The molecule has 18 heavy (non-hydrogen) atoms. The molecule has 2 aromatic rings. The minimum absolute atomic E-state index is 0.493. The molecule has 1 aromatic carbocycles. The lowest BCUT2D eigenvalue weighted by atomic mass is 10.1. The Balaban J connectivity index is 2.52. The van der Waals surface area contributed by atoms with Gasteiger partial charge in [0.1, 0.15) is 11.9 Å². The molecular weight excluding hydrogens is 226 g/mol. The summed E-state index contributed by atoms with van der Waals surface area (Å²) in [4.78, 5) is 16.9. The van der Waals surface area contributed by atoms with Gasteiger partial charge in [0.15, 0.2) is 6.29 Å². The molecule has 0 saturated carbocycles. The van der Waals surface area contributed by atoms with Gasteiger partial charge in [-0.15, -0.1) is 0 Å². The average molecular weight is 237 g/mol. The first-order valence-electron chi connectivity index (χ1n) is 5.41. The fourth-order valence-electron chi connectivity index (χ4n) is 1.76. The van der Waals surface area contributed by atoms with Gasteiger partial charge in [0.05, 0.1) is 16.8 Å². The van der Waals surface area contributed by atoms with Crippen molar-refractivity contribution in [2.75, 3.05) is 11.9 Å². The first-order chi connectivity index (χ1) is 8.77. The van der Waals surface area contributed by atoms with Gasteiger partial charge in [0.2, 0.25) is 0 Å². The summed E-state index contributed by atoms with van der Waals surface area (Å²) in [5, 5.41) is 9.07. The van der Waals surface area contributed by atoms with Gasteiger partial charge >= 0.3 is 0 Å². The van der Waals surface area contributed by atoms with Crippen molar-refractivity contribution in [3.63, 3.8) is 0 Å². The fourth-order valence-corrected chi connectivity index (χ4v) is 1.76. The lowest BCUT2D eigenvalue weighted by Crippen LogP contribution is -2.14. The topological polar surface area (TPSA) is 57.0 Å². The largest absolute Gasteiger partial charge is 0.328 e. The van der Waals surface area contributed by atoms with Crippen LogP contribution in [0, 0.1) is 11.3 Å². The predicted octanol–water partition coefficient (Wildman–Crippen LogP) is 2.53. The first kappa shape index (κ1) is 11.8. The third-order valence-corrected chi connectivity index (χ3v) is 2.65. The summed E-state index contributed by atoms with van der Waals surface area (Å²) in [7, 11) is 1.78. The Kier molecular flexibility index (Phi) is 3.35. The summed E-state index contributed by atoms with van der Waals surface area (Å²) in [6.07, 6.45) is 2.38. The molecule has 0 aliphatic carbocycles. The van der Waals surface area contributed by atoms with E-state index in [0.717, 1.165) is 12.0 Å². The molecule has 0 bridgehead atoms. The van der Waals surface area contributed by atoms with Crippen LogP contribution in [-0.4, -0.2) is 18.3 Å². The third kappa shape index (κ3) is 2.06. The van der Waals surface area contributed by atoms with E-state index in [2.05, 4.69) is 11.1 Å². The third-order valence-electron chi connectivity index (χ3n) is 2.65. The number of hydrogen-bond donors (Lipinski definition) is 0. The van der Waals surface area contributed by atoms with Gasteiger partial charge in [-0.1, -0.05) is 12.1 Å². The van der Waals surface area contributed by atoms with Gasteiger partial charge in [-0.2, -0.15) is 5.26 Å². The molecule has 88 valence electrons. The summed E-state index contributed by atoms with van der Waals surface area (Å²) in [6, 6.07) is 12.7. The molecule has 0 atom stereocenters. The van der Waals surface area contributed by atoms with Crippen molar-refractivity contribution < 1.29 is 4.79 Å². The number of nitrogens with zero attached hydrogens (tertiary/aromatic N) is 3. The van der Waals surface area contributed by atoms with Gasteiger partial charge in [-0.05, 0) is 24.3 Å². The minimum atomic E-state index is 0.493. The van der Waals surface area contributed by atoms with E-state index in [0.29, 0.717) is 16.9 Å². The summed E-state index contributed by atoms with van der Waals surface area (Å²) >= 11 is 0. The van der Waals surface area contributed by atoms with Crippen LogP contribution < -0.4 is 4.90 Å². The normalized spacial score (nSPS) is 9.56. The van der Waals surface area contributed by atoms with Gasteiger partial charge in [-0.25, -0.2) is 4.98 Å². The fraction of sp³-hybridized carbons (Fsp3) is 0.0714. The van der Waals surface area contributed by atoms with E-state index in [1.54, 1.807) is 42.4 Å². The zero-order chi connectivity index (χ0) is 13.0. The van der Waals surface area contributed by atoms with Crippen LogP contribution in [0.2, 0.25) is 0 Å². The molecule has 4 nitrogen and oxygen atoms in total. The monoisotopic (exact) mass is 237 g/mol. The molecule has 0 amide bonds. The van der Waals surface area contributed by atoms with E-state index in [9.17, 15) is 4.79 Å². The average Bonchev–Trinajstić information content (AvgIpc) is 2.46. The van der Waals surface area contributed by atoms with Crippen LogP contribution in [0.3, 0.4) is 0 Å². The first-order valence-corrected chi connectivity index (χ1v) is 5.41. The Morgan fingerprint density at radius 3 is 2.78 bits per heavy atom. The number of pyridine rings is 1. The molecule has 2 rings (SSSR count). The minimum Gasteiger partial charge on any atom is -0.328 e. The van der Waals surface area contributed by atoms with Gasteiger partial charge < -0.3 is 4.90 Å². The number of anilines is 2. The zero-order valence-corrected chi connectivity index (χ0v) is 9.87. The van der Waals surface area contributed by atoms with Crippen molar-refractivity contribution in [2.45, 2.75) is 0 Å². The highest BCUT2D eigenvalue weighted by Crippen LogP contribution is 2.26. The molecular formula is C14H11N3O. The van der Waals surface area contributed by atoms with E-state index in [4.69, 9.17) is 5.26 Å². The number of aldehydes is 1. The van der Waals surface area contributed by atoms with E-state index in [1.165, 1.54) is 0 Å². The maximum absolute atomic E-state index is 11.0. The van der Waals surface area contributed by atoms with Crippen LogP contribution in [0.25, 0.3) is 0 Å². The smallest absolute Gasteiger partial charge is 0.153 e. The molecule has 0 saturated heterocycles. The molecule has 0 fully saturated rings. The summed E-state index contributed by atoms with van der Waals surface area (Å²) < 4.78 is 0. The van der Waals surface area contributed by atoms with Crippen molar-refractivity contribution in [3.05, 3.63) is 53.7 Å². The summed E-state index contributed by atoms with van der Waals surface area (Å²) in [5.41, 5.74) is 1.76. The zero-order valence-electron chi connectivity index (χ0n) is 9.87. The van der Waals surface area contributed by atoms with Gasteiger partial charge in [0.25, 0.3) is 0 Å². The van der Waals surface area contributed by atoms with Crippen molar-refractivity contribution >= 4 is 17.8 Å². The van der Waals surface area contributed by atoms with Crippen molar-refractivity contribution in [3.8, 4) is 6.07 Å². The van der Waals surface area contributed by atoms with Crippen LogP contribution in [-0.2, 0) is 0 Å². The SMILES string of the molecule is CN(c1ccccc1C#N)c1ncccc1C=O. The van der Waals surface area contributed by atoms with Crippen molar-refractivity contribution in [2.24, 2.45) is 0 Å². The number of hydrogen-bond acceptors (Lipinski definition) is 4. The molecule has 0 aliphatic heterocycles.